The Morgan fingerprint density at radius 3 is 2.92 bits per heavy atom. The lowest BCUT2D eigenvalue weighted by Crippen LogP contribution is -2.40. The van der Waals surface area contributed by atoms with Crippen molar-refractivity contribution in [2.75, 3.05) is 13.1 Å². The van der Waals surface area contributed by atoms with Crippen molar-refractivity contribution in [3.05, 3.63) is 47.9 Å². The molecule has 1 saturated heterocycles. The van der Waals surface area contributed by atoms with Crippen molar-refractivity contribution in [2.24, 2.45) is 0 Å². The molecule has 3 aromatic heterocycles. The quantitative estimate of drug-likeness (QED) is 0.727. The van der Waals surface area contributed by atoms with Gasteiger partial charge in [-0.3, -0.25) is 4.79 Å². The monoisotopic (exact) mass is 352 g/mol. The van der Waals surface area contributed by atoms with E-state index in [-0.39, 0.29) is 11.8 Å². The average molecular weight is 352 g/mol. The Labute approximate surface area is 152 Å². The van der Waals surface area contributed by atoms with Crippen molar-refractivity contribution in [1.82, 2.24) is 29.0 Å². The fraction of sp³-hybridized carbons (Fsp3) is 0.474. The van der Waals surface area contributed by atoms with E-state index in [1.165, 1.54) is 0 Å². The lowest BCUT2D eigenvalue weighted by atomic mass is 9.96. The van der Waals surface area contributed by atoms with Crippen LogP contribution in [0.2, 0.25) is 0 Å². The van der Waals surface area contributed by atoms with Gasteiger partial charge in [0, 0.05) is 49.7 Å². The molecule has 0 saturated carbocycles. The van der Waals surface area contributed by atoms with Crippen LogP contribution in [0.5, 0.6) is 0 Å². The third-order valence-corrected chi connectivity index (χ3v) is 5.22. The Morgan fingerprint density at radius 2 is 2.12 bits per heavy atom. The highest BCUT2D eigenvalue weighted by Gasteiger charge is 2.29. The summed E-state index contributed by atoms with van der Waals surface area (Å²) in [5.41, 5.74) is 2.21. The number of hydrogen-bond acceptors (Lipinski definition) is 4. The number of likely N-dealkylation sites (tertiary alicyclic amines) is 1. The zero-order valence-electron chi connectivity index (χ0n) is 15.5. The molecule has 1 aliphatic rings. The lowest BCUT2D eigenvalue weighted by molar-refractivity contribution is 0.0701. The number of fused-ring (bicyclic) bond motifs is 1. The van der Waals surface area contributed by atoms with Crippen molar-refractivity contribution in [2.45, 2.75) is 45.6 Å². The molecule has 7 heteroatoms. The van der Waals surface area contributed by atoms with Crippen LogP contribution in [0.15, 0.2) is 30.9 Å². The summed E-state index contributed by atoms with van der Waals surface area (Å²) >= 11 is 0. The molecule has 0 aliphatic carbocycles. The zero-order valence-corrected chi connectivity index (χ0v) is 15.5. The average Bonchev–Trinajstić information content (AvgIpc) is 3.31. The van der Waals surface area contributed by atoms with Crippen LogP contribution in [-0.4, -0.2) is 48.0 Å². The minimum Gasteiger partial charge on any atom is -0.338 e. The van der Waals surface area contributed by atoms with E-state index in [2.05, 4.69) is 33.5 Å². The summed E-state index contributed by atoms with van der Waals surface area (Å²) < 4.78 is 3.93. The maximum absolute atomic E-state index is 13.1. The summed E-state index contributed by atoms with van der Waals surface area (Å²) in [6.07, 6.45) is 9.30. The molecule has 4 heterocycles. The molecule has 0 spiro atoms. The summed E-state index contributed by atoms with van der Waals surface area (Å²) in [6, 6.07) is 2.21. The fourth-order valence-electron chi connectivity index (χ4n) is 3.82. The van der Waals surface area contributed by atoms with Gasteiger partial charge in [-0.2, -0.15) is 5.10 Å². The van der Waals surface area contributed by atoms with Gasteiger partial charge in [0.15, 0.2) is 5.65 Å². The molecule has 26 heavy (non-hydrogen) atoms. The molecule has 0 aromatic carbocycles. The number of imidazole rings is 1. The Kier molecular flexibility index (Phi) is 4.22. The van der Waals surface area contributed by atoms with Crippen LogP contribution in [0.4, 0.5) is 0 Å². The van der Waals surface area contributed by atoms with Crippen molar-refractivity contribution in [1.29, 1.82) is 0 Å². The van der Waals surface area contributed by atoms with Crippen LogP contribution in [-0.2, 0) is 0 Å². The Hall–Kier alpha value is -2.70. The van der Waals surface area contributed by atoms with Crippen molar-refractivity contribution >= 4 is 11.6 Å². The van der Waals surface area contributed by atoms with E-state index in [1.807, 2.05) is 30.3 Å². The van der Waals surface area contributed by atoms with Crippen molar-refractivity contribution in [3.8, 4) is 0 Å². The van der Waals surface area contributed by atoms with Crippen LogP contribution >= 0.6 is 0 Å². The van der Waals surface area contributed by atoms with Gasteiger partial charge in [0.25, 0.3) is 5.91 Å². The summed E-state index contributed by atoms with van der Waals surface area (Å²) in [7, 11) is 0. The Morgan fingerprint density at radius 1 is 1.27 bits per heavy atom. The van der Waals surface area contributed by atoms with Gasteiger partial charge in [-0.25, -0.2) is 14.5 Å². The molecule has 1 atom stereocenters. The first kappa shape index (κ1) is 16.8. The second-order valence-electron chi connectivity index (χ2n) is 7.24. The summed E-state index contributed by atoms with van der Waals surface area (Å²) in [5, 5.41) is 4.26. The topological polar surface area (TPSA) is 68.3 Å². The van der Waals surface area contributed by atoms with Gasteiger partial charge in [-0.15, -0.1) is 0 Å². The molecule has 136 valence electrons. The standard InChI is InChI=1S/C19H24N6O/c1-13(2)24-10-8-20-18(24)15-5-4-9-23(12-15)19(26)16-11-21-17-6-7-22-25(17)14(16)3/h6-8,10-11,13,15H,4-5,9,12H2,1-3H3. The molecule has 1 aliphatic heterocycles. The van der Waals surface area contributed by atoms with E-state index in [1.54, 1.807) is 16.9 Å². The number of piperidine rings is 1. The molecule has 1 amide bonds. The van der Waals surface area contributed by atoms with E-state index >= 15 is 0 Å². The third kappa shape index (κ3) is 2.77. The minimum absolute atomic E-state index is 0.0275. The molecule has 0 N–H and O–H groups in total. The molecule has 1 fully saturated rings. The first-order valence-corrected chi connectivity index (χ1v) is 9.17. The van der Waals surface area contributed by atoms with E-state index < -0.39 is 0 Å². The molecule has 3 aromatic rings. The zero-order chi connectivity index (χ0) is 18.3. The number of nitrogens with zero attached hydrogens (tertiary/aromatic N) is 6. The normalized spacial score (nSPS) is 18.0. The molecule has 0 radical (unpaired) electrons. The predicted octanol–water partition coefficient (Wildman–Crippen LogP) is 2.83. The fourth-order valence-corrected chi connectivity index (χ4v) is 3.82. The van der Waals surface area contributed by atoms with Crippen LogP contribution < -0.4 is 0 Å². The molecule has 4 rings (SSSR count). The number of amides is 1. The van der Waals surface area contributed by atoms with Crippen LogP contribution in [0, 0.1) is 6.92 Å². The number of rotatable bonds is 3. The summed E-state index contributed by atoms with van der Waals surface area (Å²) in [5.74, 6) is 1.38. The predicted molar refractivity (Wildman–Crippen MR) is 98.2 cm³/mol. The largest absolute Gasteiger partial charge is 0.338 e. The maximum atomic E-state index is 13.1. The van der Waals surface area contributed by atoms with Gasteiger partial charge < -0.3 is 9.47 Å². The highest BCUT2D eigenvalue weighted by molar-refractivity contribution is 5.95. The number of carbonyl (C=O) groups is 1. The van der Waals surface area contributed by atoms with Gasteiger partial charge in [0.1, 0.15) is 5.82 Å². The van der Waals surface area contributed by atoms with Gasteiger partial charge in [-0.05, 0) is 33.6 Å². The van der Waals surface area contributed by atoms with E-state index in [4.69, 9.17) is 0 Å². The van der Waals surface area contributed by atoms with E-state index in [0.717, 1.165) is 36.6 Å². The maximum Gasteiger partial charge on any atom is 0.257 e. The number of aromatic nitrogens is 5. The van der Waals surface area contributed by atoms with Gasteiger partial charge in [0.2, 0.25) is 0 Å². The third-order valence-electron chi connectivity index (χ3n) is 5.22. The summed E-state index contributed by atoms with van der Waals surface area (Å²) in [4.78, 5) is 24.0. The smallest absolute Gasteiger partial charge is 0.257 e. The van der Waals surface area contributed by atoms with Crippen molar-refractivity contribution in [3.63, 3.8) is 0 Å². The Bertz CT molecular complexity index is 941. The van der Waals surface area contributed by atoms with E-state index in [0.29, 0.717) is 18.2 Å². The van der Waals surface area contributed by atoms with Gasteiger partial charge in [0.05, 0.1) is 17.5 Å². The highest BCUT2D eigenvalue weighted by atomic mass is 16.2. The SMILES string of the molecule is Cc1c(C(=O)N2CCCC(c3nccn3C(C)C)C2)cnc2ccnn12. The van der Waals surface area contributed by atoms with Gasteiger partial charge in [-0.1, -0.05) is 0 Å². The molecule has 1 unspecified atom stereocenters. The van der Waals surface area contributed by atoms with E-state index in [9.17, 15) is 4.79 Å². The first-order chi connectivity index (χ1) is 12.6. The molecular weight excluding hydrogens is 328 g/mol. The number of carbonyl (C=O) groups excluding carboxylic acids is 1. The highest BCUT2D eigenvalue weighted by Crippen LogP contribution is 2.28. The lowest BCUT2D eigenvalue weighted by Gasteiger charge is -2.33. The minimum atomic E-state index is 0.0275. The van der Waals surface area contributed by atoms with Crippen LogP contribution in [0.1, 0.15) is 60.5 Å². The number of hydrogen-bond donors (Lipinski definition) is 0. The summed E-state index contributed by atoms with van der Waals surface area (Å²) in [6.45, 7) is 7.70. The Balaban J connectivity index is 1.60. The first-order valence-electron chi connectivity index (χ1n) is 9.17. The molecule has 7 nitrogen and oxygen atoms in total. The second-order valence-corrected chi connectivity index (χ2v) is 7.24. The van der Waals surface area contributed by atoms with Crippen molar-refractivity contribution < 1.29 is 4.79 Å². The van der Waals surface area contributed by atoms with Crippen LogP contribution in [0.25, 0.3) is 5.65 Å². The molecule has 0 bridgehead atoms. The van der Waals surface area contributed by atoms with Gasteiger partial charge >= 0.3 is 0 Å². The second kappa shape index (κ2) is 6.55. The molecular formula is C19H24N6O. The van der Waals surface area contributed by atoms with Crippen LogP contribution in [0.3, 0.4) is 0 Å². The number of aryl methyl sites for hydroxylation is 1.